The molecule has 2 heterocycles. The number of nitrogens with zero attached hydrogens (tertiary/aromatic N) is 1. The molecule has 1 aromatic heterocycles. The lowest BCUT2D eigenvalue weighted by molar-refractivity contribution is 0.0561. The van der Waals surface area contributed by atoms with Crippen LogP contribution in [0.5, 0.6) is 5.75 Å². The van der Waals surface area contributed by atoms with Gasteiger partial charge in [-0.3, -0.25) is 4.90 Å². The Balaban J connectivity index is 1.74. The molecule has 0 N–H and O–H groups in total. The first-order chi connectivity index (χ1) is 11.7. The normalized spacial score (nSPS) is 17.8. The number of benzene rings is 1. The first kappa shape index (κ1) is 16.6. The van der Waals surface area contributed by atoms with Crippen molar-refractivity contribution in [2.45, 2.75) is 32.4 Å². The van der Waals surface area contributed by atoms with Crippen molar-refractivity contribution in [2.75, 3.05) is 20.3 Å². The zero-order valence-corrected chi connectivity index (χ0v) is 14.2. The van der Waals surface area contributed by atoms with Gasteiger partial charge >= 0.3 is 5.97 Å². The van der Waals surface area contributed by atoms with Crippen LogP contribution in [0.2, 0.25) is 0 Å². The van der Waals surface area contributed by atoms with Crippen molar-refractivity contribution in [1.29, 1.82) is 0 Å². The fraction of sp³-hybridized carbons (Fsp3) is 0.421. The van der Waals surface area contributed by atoms with Gasteiger partial charge in [0.2, 0.25) is 5.76 Å². The van der Waals surface area contributed by atoms with Crippen LogP contribution in [0.1, 0.15) is 47.5 Å². The van der Waals surface area contributed by atoms with Gasteiger partial charge in [-0.15, -0.1) is 0 Å². The smallest absolute Gasteiger partial charge is 0.374 e. The average Bonchev–Trinajstić information content (AvgIpc) is 3.25. The highest BCUT2D eigenvalue weighted by atomic mass is 16.5. The van der Waals surface area contributed by atoms with Crippen LogP contribution in [0, 0.1) is 0 Å². The molecule has 2 aromatic rings. The molecule has 24 heavy (non-hydrogen) atoms. The van der Waals surface area contributed by atoms with Crippen molar-refractivity contribution in [2.24, 2.45) is 0 Å². The van der Waals surface area contributed by atoms with Crippen LogP contribution in [0.15, 0.2) is 41.0 Å². The van der Waals surface area contributed by atoms with Gasteiger partial charge in [0.05, 0.1) is 20.0 Å². The maximum Gasteiger partial charge on any atom is 0.374 e. The lowest BCUT2D eigenvalue weighted by Crippen LogP contribution is -2.23. The Morgan fingerprint density at radius 3 is 2.79 bits per heavy atom. The van der Waals surface area contributed by atoms with E-state index in [1.807, 2.05) is 25.1 Å². The minimum atomic E-state index is -0.424. The third-order valence-corrected chi connectivity index (χ3v) is 4.43. The van der Waals surface area contributed by atoms with Crippen LogP contribution in [0.25, 0.3) is 0 Å². The molecule has 5 nitrogen and oxygen atoms in total. The molecule has 1 atom stereocenters. The standard InChI is InChI=1S/C19H23NO4/c1-3-23-16-8-6-14(7-9-16)17-5-4-11-20(17)13-15-10-12-24-18(15)19(21)22-2/h6-10,12,17H,3-5,11,13H2,1-2H3. The van der Waals surface area contributed by atoms with E-state index in [1.54, 1.807) is 6.26 Å². The average molecular weight is 329 g/mol. The Kier molecular flexibility index (Phi) is 5.20. The first-order valence-corrected chi connectivity index (χ1v) is 8.34. The third kappa shape index (κ3) is 3.46. The maximum absolute atomic E-state index is 11.8. The van der Waals surface area contributed by atoms with E-state index in [4.69, 9.17) is 13.9 Å². The monoisotopic (exact) mass is 329 g/mol. The van der Waals surface area contributed by atoms with Gasteiger partial charge in [0.25, 0.3) is 0 Å². The molecule has 0 radical (unpaired) electrons. The van der Waals surface area contributed by atoms with Gasteiger partial charge in [-0.05, 0) is 50.1 Å². The molecule has 1 aliphatic heterocycles. The number of methoxy groups -OCH3 is 1. The number of carbonyl (C=O) groups is 1. The Hall–Kier alpha value is -2.27. The van der Waals surface area contributed by atoms with Gasteiger partial charge in [-0.25, -0.2) is 4.79 Å². The second kappa shape index (κ2) is 7.53. The molecular weight excluding hydrogens is 306 g/mol. The zero-order valence-electron chi connectivity index (χ0n) is 14.2. The number of likely N-dealkylation sites (tertiary alicyclic amines) is 1. The Labute approximate surface area is 142 Å². The molecule has 1 fully saturated rings. The number of hydrogen-bond acceptors (Lipinski definition) is 5. The van der Waals surface area contributed by atoms with Crippen molar-refractivity contribution >= 4 is 5.97 Å². The largest absolute Gasteiger partial charge is 0.494 e. The Bertz CT molecular complexity index is 677. The molecule has 0 amide bonds. The first-order valence-electron chi connectivity index (χ1n) is 8.34. The number of ether oxygens (including phenoxy) is 2. The molecular formula is C19H23NO4. The highest BCUT2D eigenvalue weighted by molar-refractivity contribution is 5.87. The molecule has 0 aliphatic carbocycles. The van der Waals surface area contributed by atoms with E-state index in [2.05, 4.69) is 17.0 Å². The predicted molar refractivity (Wildman–Crippen MR) is 90.0 cm³/mol. The summed E-state index contributed by atoms with van der Waals surface area (Å²) < 4.78 is 15.6. The highest BCUT2D eigenvalue weighted by Crippen LogP contribution is 2.34. The van der Waals surface area contributed by atoms with E-state index in [0.717, 1.165) is 30.7 Å². The minimum absolute atomic E-state index is 0.301. The highest BCUT2D eigenvalue weighted by Gasteiger charge is 2.28. The van der Waals surface area contributed by atoms with Gasteiger partial charge in [0.15, 0.2) is 0 Å². The number of carbonyl (C=O) groups excluding carboxylic acids is 1. The van der Waals surface area contributed by atoms with Gasteiger partial charge in [0.1, 0.15) is 5.75 Å². The fourth-order valence-corrected chi connectivity index (χ4v) is 3.30. The van der Waals surface area contributed by atoms with Crippen molar-refractivity contribution in [3.8, 4) is 5.75 Å². The SMILES string of the molecule is CCOc1ccc(C2CCCN2Cc2ccoc2C(=O)OC)cc1. The van der Waals surface area contributed by atoms with E-state index in [9.17, 15) is 4.79 Å². The summed E-state index contributed by atoms with van der Waals surface area (Å²) in [6.07, 6.45) is 3.80. The van der Waals surface area contributed by atoms with Crippen LogP contribution in [-0.2, 0) is 11.3 Å². The molecule has 5 heteroatoms. The molecule has 1 saturated heterocycles. The van der Waals surface area contributed by atoms with Crippen molar-refractivity contribution in [1.82, 2.24) is 4.90 Å². The molecule has 3 rings (SSSR count). The van der Waals surface area contributed by atoms with E-state index in [-0.39, 0.29) is 0 Å². The van der Waals surface area contributed by atoms with E-state index in [0.29, 0.717) is 25.0 Å². The Morgan fingerprint density at radius 2 is 2.08 bits per heavy atom. The number of rotatable bonds is 6. The van der Waals surface area contributed by atoms with E-state index >= 15 is 0 Å². The van der Waals surface area contributed by atoms with Crippen molar-refractivity contribution in [3.63, 3.8) is 0 Å². The van der Waals surface area contributed by atoms with Crippen LogP contribution in [0.3, 0.4) is 0 Å². The third-order valence-electron chi connectivity index (χ3n) is 4.43. The van der Waals surface area contributed by atoms with Gasteiger partial charge in [-0.1, -0.05) is 12.1 Å². The summed E-state index contributed by atoms with van der Waals surface area (Å²) in [6, 6.07) is 10.5. The molecule has 0 saturated carbocycles. The number of esters is 1. The maximum atomic E-state index is 11.8. The summed E-state index contributed by atoms with van der Waals surface area (Å²) in [5.74, 6) is 0.773. The molecule has 128 valence electrons. The van der Waals surface area contributed by atoms with Crippen LogP contribution >= 0.6 is 0 Å². The van der Waals surface area contributed by atoms with Gasteiger partial charge in [0, 0.05) is 18.2 Å². The fourth-order valence-electron chi connectivity index (χ4n) is 3.30. The van der Waals surface area contributed by atoms with Crippen LogP contribution < -0.4 is 4.74 Å². The number of hydrogen-bond donors (Lipinski definition) is 0. The van der Waals surface area contributed by atoms with Gasteiger partial charge < -0.3 is 13.9 Å². The molecule has 1 unspecified atom stereocenters. The van der Waals surface area contributed by atoms with Crippen molar-refractivity contribution < 1.29 is 18.7 Å². The lowest BCUT2D eigenvalue weighted by Gasteiger charge is -2.24. The summed E-state index contributed by atoms with van der Waals surface area (Å²) in [4.78, 5) is 14.2. The minimum Gasteiger partial charge on any atom is -0.494 e. The lowest BCUT2D eigenvalue weighted by atomic mass is 10.0. The van der Waals surface area contributed by atoms with Gasteiger partial charge in [-0.2, -0.15) is 0 Å². The molecule has 1 aromatic carbocycles. The summed E-state index contributed by atoms with van der Waals surface area (Å²) >= 11 is 0. The summed E-state index contributed by atoms with van der Waals surface area (Å²) in [7, 11) is 1.37. The topological polar surface area (TPSA) is 51.9 Å². The molecule has 0 spiro atoms. The second-order valence-electron chi connectivity index (χ2n) is 5.90. The van der Waals surface area contributed by atoms with Crippen molar-refractivity contribution in [3.05, 3.63) is 53.5 Å². The summed E-state index contributed by atoms with van der Waals surface area (Å²) in [6.45, 7) is 4.34. The quantitative estimate of drug-likeness (QED) is 0.755. The molecule has 0 bridgehead atoms. The zero-order chi connectivity index (χ0) is 16.9. The van der Waals surface area contributed by atoms with E-state index in [1.165, 1.54) is 12.7 Å². The Morgan fingerprint density at radius 1 is 1.29 bits per heavy atom. The summed E-state index contributed by atoms with van der Waals surface area (Å²) in [5.41, 5.74) is 2.15. The second-order valence-corrected chi connectivity index (χ2v) is 5.90. The van der Waals surface area contributed by atoms with Crippen LogP contribution in [-0.4, -0.2) is 31.1 Å². The summed E-state index contributed by atoms with van der Waals surface area (Å²) in [5, 5.41) is 0. The molecule has 1 aliphatic rings. The van der Waals surface area contributed by atoms with E-state index < -0.39 is 5.97 Å². The predicted octanol–water partition coefficient (Wildman–Crippen LogP) is 3.80. The van der Waals surface area contributed by atoms with Crippen LogP contribution in [0.4, 0.5) is 0 Å². The number of furan rings is 1.